The zero-order valence-electron chi connectivity index (χ0n) is 7.78. The number of ether oxygens (including phenoxy) is 1. The second-order valence-corrected chi connectivity index (χ2v) is 5.92. The molecule has 1 saturated heterocycles. The van der Waals surface area contributed by atoms with Gasteiger partial charge in [-0.1, -0.05) is 0 Å². The maximum absolute atomic E-state index is 10.2. The van der Waals surface area contributed by atoms with E-state index in [1.54, 1.807) is 0 Å². The van der Waals surface area contributed by atoms with Crippen LogP contribution in [-0.2, 0) is 4.74 Å². The molecule has 10 atom stereocenters. The largest absolute Gasteiger partial charge is 0.390 e. The van der Waals surface area contributed by atoms with Crippen molar-refractivity contribution in [1.82, 2.24) is 0 Å². The molecule has 4 saturated carbocycles. The third-order valence-electron chi connectivity index (χ3n) is 5.95. The molecule has 5 rings (SSSR count). The van der Waals surface area contributed by atoms with Crippen molar-refractivity contribution in [3.05, 3.63) is 0 Å². The monoisotopic (exact) mass is 194 g/mol. The lowest BCUT2D eigenvalue weighted by Crippen LogP contribution is -2.31. The predicted octanol–water partition coefficient (Wildman–Crippen LogP) is -0.383. The maximum Gasteiger partial charge on any atom is 0.0876 e. The zero-order valence-corrected chi connectivity index (χ0v) is 7.78. The second kappa shape index (κ2) is 1.79. The molecule has 10 unspecified atom stereocenters. The second-order valence-electron chi connectivity index (χ2n) is 5.92. The fourth-order valence-corrected chi connectivity index (χ4v) is 5.90. The molecule has 5 aliphatic rings. The van der Waals surface area contributed by atoms with Crippen LogP contribution in [0.1, 0.15) is 6.42 Å². The number of rotatable bonds is 0. The van der Waals surface area contributed by atoms with Gasteiger partial charge in [0.15, 0.2) is 0 Å². The summed E-state index contributed by atoms with van der Waals surface area (Å²) in [6.45, 7) is 0. The van der Waals surface area contributed by atoms with Crippen LogP contribution in [0.15, 0.2) is 0 Å². The third-order valence-corrected chi connectivity index (χ3v) is 5.95. The molecule has 76 valence electrons. The standard InChI is InChI=1S/C11H14O3/c12-8-4-2-1-3-5(4)9(13)11-7(3)6(2)10(8)14-11/h2-13H,1H2. The molecular weight excluding hydrogens is 180 g/mol. The molecule has 0 amide bonds. The van der Waals surface area contributed by atoms with Gasteiger partial charge in [-0.25, -0.2) is 0 Å². The van der Waals surface area contributed by atoms with Crippen molar-refractivity contribution in [2.24, 2.45) is 35.5 Å². The van der Waals surface area contributed by atoms with Gasteiger partial charge in [0, 0.05) is 0 Å². The van der Waals surface area contributed by atoms with Crippen molar-refractivity contribution >= 4 is 0 Å². The number of aliphatic hydroxyl groups is 2. The molecule has 2 bridgehead atoms. The van der Waals surface area contributed by atoms with Gasteiger partial charge in [-0.05, 0) is 41.9 Å². The highest BCUT2D eigenvalue weighted by atomic mass is 16.5. The first-order chi connectivity index (χ1) is 6.79. The normalized spacial score (nSPS) is 81.0. The van der Waals surface area contributed by atoms with Gasteiger partial charge in [-0.2, -0.15) is 0 Å². The summed E-state index contributed by atoms with van der Waals surface area (Å²) in [7, 11) is 0. The number of fused-ring (bicyclic) bond motifs is 1. The Hall–Kier alpha value is -0.120. The lowest BCUT2D eigenvalue weighted by Gasteiger charge is -2.26. The molecule has 0 aromatic heterocycles. The molecule has 1 heterocycles. The van der Waals surface area contributed by atoms with Crippen LogP contribution in [0.4, 0.5) is 0 Å². The molecule has 0 aromatic rings. The first-order valence-corrected chi connectivity index (χ1v) is 5.80. The Kier molecular flexibility index (Phi) is 0.920. The molecule has 2 N–H and O–H groups in total. The lowest BCUT2D eigenvalue weighted by atomic mass is 9.79. The third kappa shape index (κ3) is 0.450. The molecule has 14 heavy (non-hydrogen) atoms. The average molecular weight is 194 g/mol. The highest BCUT2D eigenvalue weighted by molar-refractivity contribution is 5.26. The van der Waals surface area contributed by atoms with Crippen LogP contribution >= 0.6 is 0 Å². The van der Waals surface area contributed by atoms with Crippen molar-refractivity contribution < 1.29 is 14.9 Å². The highest BCUT2D eigenvalue weighted by Crippen LogP contribution is 2.74. The van der Waals surface area contributed by atoms with Gasteiger partial charge in [0.25, 0.3) is 0 Å². The number of hydrogen-bond acceptors (Lipinski definition) is 3. The van der Waals surface area contributed by atoms with Gasteiger partial charge in [0.2, 0.25) is 0 Å². The SMILES string of the molecule is OC1C2OC3C(O)C4C5CC(C14)C2C53. The van der Waals surface area contributed by atoms with Crippen LogP contribution < -0.4 is 0 Å². The first-order valence-electron chi connectivity index (χ1n) is 5.80. The van der Waals surface area contributed by atoms with Crippen molar-refractivity contribution in [2.45, 2.75) is 30.8 Å². The van der Waals surface area contributed by atoms with E-state index in [9.17, 15) is 10.2 Å². The molecule has 4 aliphatic carbocycles. The van der Waals surface area contributed by atoms with Crippen LogP contribution in [0.3, 0.4) is 0 Å². The van der Waals surface area contributed by atoms with Gasteiger partial charge < -0.3 is 14.9 Å². The molecule has 3 heteroatoms. The highest BCUT2D eigenvalue weighted by Gasteiger charge is 2.79. The lowest BCUT2D eigenvalue weighted by molar-refractivity contribution is -0.0529. The van der Waals surface area contributed by atoms with E-state index in [0.29, 0.717) is 35.5 Å². The van der Waals surface area contributed by atoms with Crippen molar-refractivity contribution in [1.29, 1.82) is 0 Å². The van der Waals surface area contributed by atoms with Crippen molar-refractivity contribution in [3.63, 3.8) is 0 Å². The average Bonchev–Trinajstić information content (AvgIpc) is 2.82. The Bertz CT molecular complexity index is 296. The summed E-state index contributed by atoms with van der Waals surface area (Å²) in [5.41, 5.74) is 0. The van der Waals surface area contributed by atoms with Crippen molar-refractivity contribution in [2.75, 3.05) is 0 Å². The number of hydrogen-bond donors (Lipinski definition) is 2. The Morgan fingerprint density at radius 1 is 0.786 bits per heavy atom. The molecule has 0 radical (unpaired) electrons. The van der Waals surface area contributed by atoms with Crippen LogP contribution in [0.2, 0.25) is 0 Å². The van der Waals surface area contributed by atoms with Crippen LogP contribution in [-0.4, -0.2) is 34.6 Å². The van der Waals surface area contributed by atoms with E-state index in [2.05, 4.69) is 0 Å². The number of aliphatic hydroxyl groups excluding tert-OH is 2. The van der Waals surface area contributed by atoms with E-state index in [1.807, 2.05) is 0 Å². The quantitative estimate of drug-likeness (QED) is 0.552. The molecule has 5 fully saturated rings. The fraction of sp³-hybridized carbons (Fsp3) is 1.00. The minimum Gasteiger partial charge on any atom is -0.390 e. The molecule has 0 aromatic carbocycles. The summed E-state index contributed by atoms with van der Waals surface area (Å²) in [6, 6.07) is 0. The van der Waals surface area contributed by atoms with Gasteiger partial charge in [-0.3, -0.25) is 0 Å². The van der Waals surface area contributed by atoms with E-state index in [-0.39, 0.29) is 24.4 Å². The summed E-state index contributed by atoms with van der Waals surface area (Å²) in [4.78, 5) is 0. The first kappa shape index (κ1) is 7.20. The fourth-order valence-electron chi connectivity index (χ4n) is 5.90. The van der Waals surface area contributed by atoms with Gasteiger partial charge >= 0.3 is 0 Å². The minimum absolute atomic E-state index is 0.0761. The van der Waals surface area contributed by atoms with E-state index in [0.717, 1.165) is 0 Å². The van der Waals surface area contributed by atoms with Gasteiger partial charge in [-0.15, -0.1) is 0 Å². The topological polar surface area (TPSA) is 49.7 Å². The Labute approximate surface area is 82.1 Å². The molecule has 0 spiro atoms. The summed E-state index contributed by atoms with van der Waals surface area (Å²) < 4.78 is 5.86. The Morgan fingerprint density at radius 3 is 1.79 bits per heavy atom. The molecule has 3 nitrogen and oxygen atoms in total. The van der Waals surface area contributed by atoms with E-state index in [4.69, 9.17) is 4.74 Å². The van der Waals surface area contributed by atoms with E-state index in [1.165, 1.54) is 6.42 Å². The van der Waals surface area contributed by atoms with Crippen molar-refractivity contribution in [3.8, 4) is 0 Å². The zero-order chi connectivity index (χ0) is 9.19. The summed E-state index contributed by atoms with van der Waals surface area (Å²) in [5.74, 6) is 3.29. The van der Waals surface area contributed by atoms with Gasteiger partial charge in [0.1, 0.15) is 0 Å². The van der Waals surface area contributed by atoms with Crippen LogP contribution in [0, 0.1) is 35.5 Å². The smallest absolute Gasteiger partial charge is 0.0876 e. The van der Waals surface area contributed by atoms with E-state index >= 15 is 0 Å². The molecular formula is C11H14O3. The van der Waals surface area contributed by atoms with E-state index < -0.39 is 0 Å². The predicted molar refractivity (Wildman–Crippen MR) is 46.2 cm³/mol. The van der Waals surface area contributed by atoms with Crippen LogP contribution in [0.25, 0.3) is 0 Å². The Morgan fingerprint density at radius 2 is 1.29 bits per heavy atom. The summed E-state index contributed by atoms with van der Waals surface area (Å²) >= 11 is 0. The summed E-state index contributed by atoms with van der Waals surface area (Å²) in [6.07, 6.45) is 0.869. The van der Waals surface area contributed by atoms with Crippen LogP contribution in [0.5, 0.6) is 0 Å². The molecule has 1 aliphatic heterocycles. The minimum atomic E-state index is -0.271. The Balaban J connectivity index is 1.83. The van der Waals surface area contributed by atoms with Gasteiger partial charge in [0.05, 0.1) is 24.4 Å². The summed E-state index contributed by atoms with van der Waals surface area (Å²) in [5, 5.41) is 20.3. The maximum atomic E-state index is 10.2.